The lowest BCUT2D eigenvalue weighted by Crippen LogP contribution is -2.45. The molecule has 0 bridgehead atoms. The van der Waals surface area contributed by atoms with Crippen molar-refractivity contribution in [2.75, 3.05) is 38.6 Å². The number of aromatic nitrogens is 2. The van der Waals surface area contributed by atoms with Gasteiger partial charge in [-0.1, -0.05) is 30.3 Å². The van der Waals surface area contributed by atoms with Gasteiger partial charge in [-0.15, -0.1) is 0 Å². The lowest BCUT2D eigenvalue weighted by molar-refractivity contribution is 0.153. The molecule has 5 nitrogen and oxygen atoms in total. The average molecular weight is 297 g/mol. The molecule has 1 aliphatic heterocycles. The number of nitrogens with zero attached hydrogens (tertiary/aromatic N) is 4. The van der Waals surface area contributed by atoms with E-state index in [1.807, 2.05) is 31.4 Å². The van der Waals surface area contributed by atoms with Crippen LogP contribution in [0.15, 0.2) is 42.7 Å². The van der Waals surface area contributed by atoms with Gasteiger partial charge >= 0.3 is 0 Å². The summed E-state index contributed by atoms with van der Waals surface area (Å²) in [7, 11) is 3.91. The van der Waals surface area contributed by atoms with Gasteiger partial charge in [-0.2, -0.15) is 0 Å². The maximum Gasteiger partial charge on any atom is 0.224 e. The first-order chi connectivity index (χ1) is 10.7. The molecule has 0 aliphatic carbocycles. The molecule has 1 saturated heterocycles. The highest BCUT2D eigenvalue weighted by molar-refractivity contribution is 5.27. The summed E-state index contributed by atoms with van der Waals surface area (Å²) in [5.74, 6) is 0.753. The number of rotatable bonds is 4. The second-order valence-electron chi connectivity index (χ2n) is 5.89. The number of hydrogen-bond acceptors (Lipinski definition) is 5. The minimum absolute atomic E-state index is 0.406. The van der Waals surface area contributed by atoms with E-state index in [4.69, 9.17) is 0 Å². The Kier molecular flexibility index (Phi) is 4.65. The molecular formula is C17H23N5. The monoisotopic (exact) mass is 297 g/mol. The molecule has 0 spiro atoms. The van der Waals surface area contributed by atoms with Gasteiger partial charge in [0.15, 0.2) is 0 Å². The third kappa shape index (κ3) is 3.43. The second kappa shape index (κ2) is 6.85. The number of hydrogen-bond donors (Lipinski definition) is 1. The van der Waals surface area contributed by atoms with Crippen molar-refractivity contribution in [2.24, 2.45) is 0 Å². The van der Waals surface area contributed by atoms with Crippen LogP contribution in [-0.4, -0.2) is 48.6 Å². The second-order valence-corrected chi connectivity index (χ2v) is 5.89. The molecule has 1 aliphatic rings. The maximum atomic E-state index is 4.41. The topological polar surface area (TPSA) is 44.3 Å². The van der Waals surface area contributed by atoms with Crippen molar-refractivity contribution in [3.63, 3.8) is 0 Å². The van der Waals surface area contributed by atoms with Crippen LogP contribution in [-0.2, 0) is 6.54 Å². The van der Waals surface area contributed by atoms with E-state index in [9.17, 15) is 0 Å². The zero-order chi connectivity index (χ0) is 15.4. The summed E-state index contributed by atoms with van der Waals surface area (Å²) < 4.78 is 0. The van der Waals surface area contributed by atoms with Crippen molar-refractivity contribution < 1.29 is 0 Å². The Morgan fingerprint density at radius 1 is 1.18 bits per heavy atom. The lowest BCUT2D eigenvalue weighted by atomic mass is 10.0. The molecule has 22 heavy (non-hydrogen) atoms. The van der Waals surface area contributed by atoms with E-state index in [1.165, 1.54) is 5.56 Å². The van der Waals surface area contributed by atoms with Crippen molar-refractivity contribution in [1.82, 2.24) is 20.2 Å². The number of anilines is 1. The highest BCUT2D eigenvalue weighted by Gasteiger charge is 2.23. The Morgan fingerprint density at radius 2 is 1.91 bits per heavy atom. The van der Waals surface area contributed by atoms with Crippen molar-refractivity contribution in [3.8, 4) is 0 Å². The quantitative estimate of drug-likeness (QED) is 0.930. The highest BCUT2D eigenvalue weighted by Crippen LogP contribution is 2.23. The number of benzene rings is 1. The zero-order valence-corrected chi connectivity index (χ0v) is 13.2. The number of piperazine rings is 1. The molecular weight excluding hydrogens is 274 g/mol. The van der Waals surface area contributed by atoms with Gasteiger partial charge in [0.05, 0.1) is 0 Å². The highest BCUT2D eigenvalue weighted by atomic mass is 15.2. The van der Waals surface area contributed by atoms with Crippen molar-refractivity contribution in [1.29, 1.82) is 0 Å². The van der Waals surface area contributed by atoms with Crippen molar-refractivity contribution in [3.05, 3.63) is 53.9 Å². The zero-order valence-electron chi connectivity index (χ0n) is 13.2. The van der Waals surface area contributed by atoms with E-state index in [0.717, 1.165) is 37.7 Å². The molecule has 0 saturated carbocycles. The minimum atomic E-state index is 0.406. The molecule has 0 radical (unpaired) electrons. The molecule has 1 N–H and O–H groups in total. The molecule has 3 rings (SSSR count). The van der Waals surface area contributed by atoms with Gasteiger partial charge < -0.3 is 10.2 Å². The summed E-state index contributed by atoms with van der Waals surface area (Å²) in [6, 6.07) is 11.1. The predicted molar refractivity (Wildman–Crippen MR) is 88.8 cm³/mol. The van der Waals surface area contributed by atoms with Gasteiger partial charge in [0.25, 0.3) is 0 Å². The lowest BCUT2D eigenvalue weighted by Gasteiger charge is -2.36. The summed E-state index contributed by atoms with van der Waals surface area (Å²) in [6.45, 7) is 3.94. The van der Waals surface area contributed by atoms with E-state index in [0.29, 0.717) is 6.04 Å². The smallest absolute Gasteiger partial charge is 0.224 e. The van der Waals surface area contributed by atoms with Crippen LogP contribution in [0.3, 0.4) is 0 Å². The minimum Gasteiger partial charge on any atom is -0.347 e. The first-order valence-electron chi connectivity index (χ1n) is 7.72. The van der Waals surface area contributed by atoms with Gasteiger partial charge in [0, 0.05) is 64.3 Å². The molecule has 2 heterocycles. The summed E-state index contributed by atoms with van der Waals surface area (Å²) in [6.07, 6.45) is 3.87. The largest absolute Gasteiger partial charge is 0.347 e. The van der Waals surface area contributed by atoms with E-state index in [2.05, 4.69) is 50.5 Å². The molecule has 116 valence electrons. The molecule has 1 unspecified atom stereocenters. The Balaban J connectivity index is 1.74. The van der Waals surface area contributed by atoms with Crippen LogP contribution < -0.4 is 10.2 Å². The van der Waals surface area contributed by atoms with Crippen LogP contribution in [0.2, 0.25) is 0 Å². The van der Waals surface area contributed by atoms with Gasteiger partial charge in [0.1, 0.15) is 0 Å². The Morgan fingerprint density at radius 3 is 2.59 bits per heavy atom. The third-order valence-corrected chi connectivity index (χ3v) is 4.02. The Bertz CT molecular complexity index is 582. The van der Waals surface area contributed by atoms with E-state index >= 15 is 0 Å². The Hall–Kier alpha value is -1.98. The van der Waals surface area contributed by atoms with Gasteiger partial charge in [0.2, 0.25) is 5.95 Å². The van der Waals surface area contributed by atoms with E-state index < -0.39 is 0 Å². The maximum absolute atomic E-state index is 4.41. The van der Waals surface area contributed by atoms with Crippen LogP contribution in [0, 0.1) is 0 Å². The number of nitrogens with one attached hydrogen (secondary N) is 1. The van der Waals surface area contributed by atoms with E-state index in [-0.39, 0.29) is 0 Å². The first-order valence-corrected chi connectivity index (χ1v) is 7.72. The van der Waals surface area contributed by atoms with E-state index in [1.54, 1.807) is 0 Å². The third-order valence-electron chi connectivity index (χ3n) is 4.02. The van der Waals surface area contributed by atoms with Crippen LogP contribution in [0.25, 0.3) is 0 Å². The molecule has 5 heteroatoms. The standard InChI is InChI=1S/C17H23N5/c1-21(2)17-19-10-14(11-20-17)13-22-9-8-18-12-16(22)15-6-4-3-5-7-15/h3-7,10-11,16,18H,8-9,12-13H2,1-2H3. The van der Waals surface area contributed by atoms with Crippen molar-refractivity contribution in [2.45, 2.75) is 12.6 Å². The first kappa shape index (κ1) is 14.9. The predicted octanol–water partition coefficient (Wildman–Crippen LogP) is 1.69. The average Bonchev–Trinajstić information content (AvgIpc) is 2.57. The summed E-state index contributed by atoms with van der Waals surface area (Å²) in [5.41, 5.74) is 2.52. The SMILES string of the molecule is CN(C)c1ncc(CN2CCNCC2c2ccccc2)cn1. The fourth-order valence-electron chi connectivity index (χ4n) is 2.83. The molecule has 0 amide bonds. The summed E-state index contributed by atoms with van der Waals surface area (Å²) in [5, 5.41) is 3.49. The van der Waals surface area contributed by atoms with Crippen LogP contribution >= 0.6 is 0 Å². The summed E-state index contributed by atoms with van der Waals surface area (Å²) in [4.78, 5) is 13.2. The van der Waals surface area contributed by atoms with Gasteiger partial charge in [-0.25, -0.2) is 9.97 Å². The fraction of sp³-hybridized carbons (Fsp3) is 0.412. The van der Waals surface area contributed by atoms with Crippen molar-refractivity contribution >= 4 is 5.95 Å². The molecule has 1 fully saturated rings. The normalized spacial score (nSPS) is 19.1. The summed E-state index contributed by atoms with van der Waals surface area (Å²) >= 11 is 0. The van der Waals surface area contributed by atoms with Crippen LogP contribution in [0.4, 0.5) is 5.95 Å². The molecule has 1 atom stereocenters. The van der Waals surface area contributed by atoms with Crippen LogP contribution in [0.1, 0.15) is 17.2 Å². The fourth-order valence-corrected chi connectivity index (χ4v) is 2.83. The van der Waals surface area contributed by atoms with Gasteiger partial charge in [-0.05, 0) is 5.56 Å². The van der Waals surface area contributed by atoms with Gasteiger partial charge in [-0.3, -0.25) is 4.90 Å². The Labute approximate surface area is 132 Å². The molecule has 1 aromatic carbocycles. The van der Waals surface area contributed by atoms with Crippen LogP contribution in [0.5, 0.6) is 0 Å². The molecule has 2 aromatic rings. The molecule has 1 aromatic heterocycles.